The Kier molecular flexibility index (Phi) is 12.2. The van der Waals surface area contributed by atoms with Gasteiger partial charge in [0.15, 0.2) is 0 Å². The number of carbonyl (C=O) groups excluding carboxylic acids is 3. The summed E-state index contributed by atoms with van der Waals surface area (Å²) in [6.45, 7) is 3.13. The number of amides is 1. The highest BCUT2D eigenvalue weighted by molar-refractivity contribution is 7.93. The maximum atomic E-state index is 14.6. The van der Waals surface area contributed by atoms with Gasteiger partial charge in [-0.2, -0.15) is 0 Å². The molecule has 0 radical (unpaired) electrons. The number of benzene rings is 3. The molecule has 0 saturated carbocycles. The summed E-state index contributed by atoms with van der Waals surface area (Å²) >= 11 is 12.2. The molecule has 0 aliphatic rings. The number of carbonyl (C=O) groups is 3. The fourth-order valence-corrected chi connectivity index (χ4v) is 8.18. The molecular weight excluding hydrogens is 702 g/mol. The summed E-state index contributed by atoms with van der Waals surface area (Å²) in [6, 6.07) is 11.5. The zero-order chi connectivity index (χ0) is 35.3. The van der Waals surface area contributed by atoms with Crippen molar-refractivity contribution >= 4 is 75.5 Å². The van der Waals surface area contributed by atoms with E-state index in [0.717, 1.165) is 12.1 Å². The van der Waals surface area contributed by atoms with E-state index in [1.54, 1.807) is 0 Å². The lowest BCUT2D eigenvalue weighted by Crippen LogP contribution is -2.58. The lowest BCUT2D eigenvalue weighted by molar-refractivity contribution is 0.00555. The molecule has 0 bridgehead atoms. The first kappa shape index (κ1) is 37.9. The Morgan fingerprint density at radius 3 is 1.89 bits per heavy atom. The van der Waals surface area contributed by atoms with Crippen LogP contribution >= 0.6 is 30.8 Å². The summed E-state index contributed by atoms with van der Waals surface area (Å²) in [5, 5.41) is -0.334. The van der Waals surface area contributed by atoms with E-state index in [-0.39, 0.29) is 25.3 Å². The Labute approximate surface area is 281 Å². The number of ether oxygens (including phenoxy) is 4. The van der Waals surface area contributed by atoms with E-state index in [2.05, 4.69) is 5.32 Å². The Hall–Kier alpha value is -3.59. The molecule has 0 saturated heterocycles. The van der Waals surface area contributed by atoms with Crippen molar-refractivity contribution < 1.29 is 56.1 Å². The highest BCUT2D eigenvalue weighted by Gasteiger charge is 2.59. The molecule has 3 aromatic carbocycles. The monoisotopic (exact) mass is 734 g/mol. The van der Waals surface area contributed by atoms with Crippen molar-refractivity contribution in [2.45, 2.75) is 50.1 Å². The Morgan fingerprint density at radius 1 is 0.894 bits per heavy atom. The van der Waals surface area contributed by atoms with Crippen LogP contribution in [0.4, 0.5) is 15.3 Å². The number of halogens is 2. The standard InChI is InChI=1S/C29H33Cl2N2O12PS/c1-17(2)44-27(35)42-15-29(46(37,38)39,16-43-28(36)45-18(3)4)33(47(40,41)23-13-20(30)12-21(31)14-23)22-9-10-24-19(11-22)7-6-8-25(24)26(34)32-5/h6-14,17-18H,15-16H2,1-5H3,(H,32,34)(H2,37,38,39). The van der Waals surface area contributed by atoms with Crippen molar-refractivity contribution in [3.8, 4) is 0 Å². The SMILES string of the molecule is CNC(=O)c1cccc2cc(N(C(COC(=O)OC(C)C)(COC(=O)OC(C)C)P(=O)(O)O)S(=O)(=O)c3cc(Cl)cc(Cl)c3)ccc12. The molecule has 14 nitrogen and oxygen atoms in total. The summed E-state index contributed by atoms with van der Waals surface area (Å²) in [7, 11) is -9.62. The highest BCUT2D eigenvalue weighted by atomic mass is 35.5. The molecule has 0 atom stereocenters. The predicted molar refractivity (Wildman–Crippen MR) is 173 cm³/mol. The molecule has 0 unspecified atom stereocenters. The van der Waals surface area contributed by atoms with Gasteiger partial charge in [0.25, 0.3) is 15.9 Å². The minimum atomic E-state index is -5.89. The molecule has 0 spiro atoms. The van der Waals surface area contributed by atoms with Gasteiger partial charge in [0, 0.05) is 22.7 Å². The third kappa shape index (κ3) is 8.86. The van der Waals surface area contributed by atoms with Crippen molar-refractivity contribution in [3.63, 3.8) is 0 Å². The van der Waals surface area contributed by atoms with Crippen LogP contribution in [0.3, 0.4) is 0 Å². The number of anilines is 1. The average Bonchev–Trinajstić information content (AvgIpc) is 2.95. The van der Waals surface area contributed by atoms with Gasteiger partial charge in [-0.3, -0.25) is 9.36 Å². The molecule has 3 N–H and O–H groups in total. The van der Waals surface area contributed by atoms with Gasteiger partial charge in [-0.15, -0.1) is 0 Å². The largest absolute Gasteiger partial charge is 0.508 e. The van der Waals surface area contributed by atoms with Crippen LogP contribution in [0.5, 0.6) is 0 Å². The van der Waals surface area contributed by atoms with Crippen LogP contribution in [-0.4, -0.2) is 74.2 Å². The molecule has 1 amide bonds. The molecule has 0 aliphatic heterocycles. The number of hydrogen-bond acceptors (Lipinski definition) is 10. The smallest absolute Gasteiger partial charge is 0.432 e. The van der Waals surface area contributed by atoms with Gasteiger partial charge < -0.3 is 34.1 Å². The summed E-state index contributed by atoms with van der Waals surface area (Å²) in [4.78, 5) is 58.9. The first-order chi connectivity index (χ1) is 21.8. The third-order valence-corrected chi connectivity index (χ3v) is 10.4. The van der Waals surface area contributed by atoms with Gasteiger partial charge in [-0.1, -0.05) is 41.4 Å². The molecule has 0 fully saturated rings. The normalized spacial score (nSPS) is 12.1. The van der Waals surface area contributed by atoms with E-state index in [0.29, 0.717) is 5.39 Å². The second-order valence-corrected chi connectivity index (χ2v) is 15.2. The number of rotatable bonds is 12. The molecule has 3 rings (SSSR count). The van der Waals surface area contributed by atoms with Crippen LogP contribution in [0.15, 0.2) is 59.5 Å². The number of nitrogens with one attached hydrogen (secondary N) is 1. The van der Waals surface area contributed by atoms with Crippen LogP contribution in [-0.2, 0) is 33.5 Å². The number of hydrogen-bond donors (Lipinski definition) is 3. The summed E-state index contributed by atoms with van der Waals surface area (Å²) in [6.07, 6.45) is -4.26. The molecule has 0 aromatic heterocycles. The Balaban J connectivity index is 2.43. The number of sulfonamides is 1. The third-order valence-electron chi connectivity index (χ3n) is 6.37. The van der Waals surface area contributed by atoms with Crippen LogP contribution in [0.25, 0.3) is 10.8 Å². The lowest BCUT2D eigenvalue weighted by Gasteiger charge is -2.42. The van der Waals surface area contributed by atoms with Crippen molar-refractivity contribution in [1.29, 1.82) is 0 Å². The van der Waals surface area contributed by atoms with Crippen LogP contribution in [0, 0.1) is 0 Å². The van der Waals surface area contributed by atoms with Gasteiger partial charge in [0.1, 0.15) is 13.2 Å². The summed E-state index contributed by atoms with van der Waals surface area (Å²) in [5.41, 5.74) is -0.180. The Morgan fingerprint density at radius 2 is 1.43 bits per heavy atom. The van der Waals surface area contributed by atoms with Crippen molar-refractivity contribution in [2.75, 3.05) is 24.6 Å². The van der Waals surface area contributed by atoms with Gasteiger partial charge in [-0.05, 0) is 74.9 Å². The zero-order valence-corrected chi connectivity index (χ0v) is 29.0. The minimum Gasteiger partial charge on any atom is -0.432 e. The van der Waals surface area contributed by atoms with E-state index in [4.69, 9.17) is 42.1 Å². The zero-order valence-electron chi connectivity index (χ0n) is 25.8. The quantitative estimate of drug-likeness (QED) is 0.152. The minimum absolute atomic E-state index is 0.139. The molecule has 47 heavy (non-hydrogen) atoms. The predicted octanol–water partition coefficient (Wildman–Crippen LogP) is 5.70. The van der Waals surface area contributed by atoms with Gasteiger partial charge in [0.2, 0.25) is 5.28 Å². The number of nitrogens with zero attached hydrogens (tertiary/aromatic N) is 1. The van der Waals surface area contributed by atoms with Crippen molar-refractivity contribution in [2.24, 2.45) is 0 Å². The molecule has 256 valence electrons. The molecule has 0 aliphatic carbocycles. The van der Waals surface area contributed by atoms with Crippen LogP contribution in [0.1, 0.15) is 38.1 Å². The molecule has 3 aromatic rings. The fraction of sp³-hybridized carbons (Fsp3) is 0.345. The Bertz CT molecular complexity index is 1770. The molecule has 18 heteroatoms. The van der Waals surface area contributed by atoms with Gasteiger partial charge in [0.05, 0.1) is 22.8 Å². The first-order valence-corrected chi connectivity index (χ1v) is 17.6. The summed E-state index contributed by atoms with van der Waals surface area (Å²) < 4.78 is 63.1. The van der Waals surface area contributed by atoms with Crippen LogP contribution < -0.4 is 9.62 Å². The second kappa shape index (κ2) is 15.1. The maximum absolute atomic E-state index is 14.6. The topological polar surface area (TPSA) is 195 Å². The van der Waals surface area contributed by atoms with Crippen molar-refractivity contribution in [3.05, 3.63) is 70.2 Å². The van der Waals surface area contributed by atoms with E-state index in [9.17, 15) is 37.2 Å². The highest BCUT2D eigenvalue weighted by Crippen LogP contribution is 2.56. The molecule has 0 heterocycles. The number of fused-ring (bicyclic) bond motifs is 1. The van der Waals surface area contributed by atoms with E-state index in [1.165, 1.54) is 77.2 Å². The second-order valence-electron chi connectivity index (χ2n) is 10.6. The van der Waals surface area contributed by atoms with E-state index < -0.39 is 77.1 Å². The van der Waals surface area contributed by atoms with E-state index >= 15 is 0 Å². The summed E-state index contributed by atoms with van der Waals surface area (Å²) in [5.74, 6) is -0.458. The van der Waals surface area contributed by atoms with Crippen molar-refractivity contribution in [1.82, 2.24) is 5.32 Å². The van der Waals surface area contributed by atoms with Crippen LogP contribution in [0.2, 0.25) is 10.0 Å². The van der Waals surface area contributed by atoms with Gasteiger partial charge in [-0.25, -0.2) is 22.3 Å². The van der Waals surface area contributed by atoms with Gasteiger partial charge >= 0.3 is 19.9 Å². The maximum Gasteiger partial charge on any atom is 0.508 e. The van der Waals surface area contributed by atoms with E-state index in [1.807, 2.05) is 0 Å². The fourth-order valence-electron chi connectivity index (χ4n) is 4.36. The molecular formula is C29H33Cl2N2O12PS. The lowest BCUT2D eigenvalue weighted by atomic mass is 10.0. The first-order valence-electron chi connectivity index (χ1n) is 13.8. The average molecular weight is 736 g/mol.